The molecule has 0 aliphatic carbocycles. The van der Waals surface area contributed by atoms with E-state index in [0.29, 0.717) is 0 Å². The molecule has 0 aliphatic rings. The summed E-state index contributed by atoms with van der Waals surface area (Å²) in [5, 5.41) is 3.12. The first kappa shape index (κ1) is 10.1. The molecule has 0 aliphatic heterocycles. The first-order valence-electron chi connectivity index (χ1n) is 3.54. The SMILES string of the molecule is CCCNCCCS(=O)[O-]. The summed E-state index contributed by atoms with van der Waals surface area (Å²) in [5.41, 5.74) is 0. The third-order valence-corrected chi connectivity index (χ3v) is 1.71. The van der Waals surface area contributed by atoms with E-state index in [-0.39, 0.29) is 5.75 Å². The summed E-state index contributed by atoms with van der Waals surface area (Å²) in [7, 11) is 0. The van der Waals surface area contributed by atoms with E-state index >= 15 is 0 Å². The van der Waals surface area contributed by atoms with Crippen LogP contribution in [0.25, 0.3) is 0 Å². The molecular weight excluding hydrogens is 150 g/mol. The van der Waals surface area contributed by atoms with Gasteiger partial charge in [0.25, 0.3) is 0 Å². The van der Waals surface area contributed by atoms with Crippen molar-refractivity contribution in [3.05, 3.63) is 0 Å². The average molecular weight is 164 g/mol. The van der Waals surface area contributed by atoms with E-state index in [9.17, 15) is 8.76 Å². The quantitative estimate of drug-likeness (QED) is 0.452. The van der Waals surface area contributed by atoms with E-state index < -0.39 is 11.1 Å². The van der Waals surface area contributed by atoms with Gasteiger partial charge in [0.05, 0.1) is 0 Å². The van der Waals surface area contributed by atoms with Crippen molar-refractivity contribution in [3.63, 3.8) is 0 Å². The summed E-state index contributed by atoms with van der Waals surface area (Å²) < 4.78 is 20.0. The molecule has 0 aromatic heterocycles. The van der Waals surface area contributed by atoms with Gasteiger partial charge in [-0.1, -0.05) is 18.0 Å². The molecular formula is C6H14NO2S-. The fourth-order valence-electron chi connectivity index (χ4n) is 0.617. The molecule has 0 aromatic rings. The van der Waals surface area contributed by atoms with Crippen LogP contribution in [0.4, 0.5) is 0 Å². The minimum absolute atomic E-state index is 0.275. The van der Waals surface area contributed by atoms with Gasteiger partial charge in [-0.2, -0.15) is 0 Å². The monoisotopic (exact) mass is 164 g/mol. The lowest BCUT2D eigenvalue weighted by molar-refractivity contribution is 0.532. The van der Waals surface area contributed by atoms with Gasteiger partial charge in [-0.3, -0.25) is 4.21 Å². The third kappa shape index (κ3) is 8.07. The molecule has 10 heavy (non-hydrogen) atoms. The first-order valence-corrected chi connectivity index (χ1v) is 4.78. The second-order valence-electron chi connectivity index (χ2n) is 2.11. The molecule has 0 fully saturated rings. The lowest BCUT2D eigenvalue weighted by atomic mass is 10.4. The zero-order chi connectivity index (χ0) is 7.82. The predicted octanol–water partition coefficient (Wildman–Crippen LogP) is 0.255. The fraction of sp³-hybridized carbons (Fsp3) is 1.00. The molecule has 0 amide bonds. The van der Waals surface area contributed by atoms with Gasteiger partial charge in [0.15, 0.2) is 0 Å². The molecule has 0 rings (SSSR count). The molecule has 0 aromatic carbocycles. The lowest BCUT2D eigenvalue weighted by Gasteiger charge is -2.04. The van der Waals surface area contributed by atoms with Gasteiger partial charge in [0.2, 0.25) is 0 Å². The Morgan fingerprint density at radius 3 is 2.70 bits per heavy atom. The fourth-order valence-corrected chi connectivity index (χ4v) is 0.997. The molecule has 62 valence electrons. The second-order valence-corrected chi connectivity index (χ2v) is 3.13. The summed E-state index contributed by atoms with van der Waals surface area (Å²) in [6.07, 6.45) is 1.82. The van der Waals surface area contributed by atoms with Crippen LogP contribution in [0.5, 0.6) is 0 Å². The summed E-state index contributed by atoms with van der Waals surface area (Å²) in [6, 6.07) is 0. The van der Waals surface area contributed by atoms with Crippen LogP contribution in [0.1, 0.15) is 19.8 Å². The van der Waals surface area contributed by atoms with Crippen molar-refractivity contribution in [2.24, 2.45) is 0 Å². The summed E-state index contributed by atoms with van der Waals surface area (Å²) in [5.74, 6) is 0.275. The van der Waals surface area contributed by atoms with Crippen LogP contribution in [0, 0.1) is 0 Å². The Bertz CT molecular complexity index is 97.7. The zero-order valence-corrected chi connectivity index (χ0v) is 7.08. The molecule has 0 saturated carbocycles. The third-order valence-electron chi connectivity index (χ3n) is 1.09. The summed E-state index contributed by atoms with van der Waals surface area (Å²) in [4.78, 5) is 0. The van der Waals surface area contributed by atoms with Gasteiger partial charge in [-0.25, -0.2) is 0 Å². The maximum atomic E-state index is 10.0. The molecule has 3 nitrogen and oxygen atoms in total. The number of hydrogen-bond donors (Lipinski definition) is 1. The Kier molecular flexibility index (Phi) is 7.23. The van der Waals surface area contributed by atoms with Crippen LogP contribution in [-0.4, -0.2) is 27.6 Å². The Morgan fingerprint density at radius 1 is 1.50 bits per heavy atom. The molecule has 1 unspecified atom stereocenters. The van der Waals surface area contributed by atoms with E-state index in [1.807, 2.05) is 0 Å². The maximum absolute atomic E-state index is 10.0. The molecule has 4 heteroatoms. The van der Waals surface area contributed by atoms with E-state index in [1.165, 1.54) is 0 Å². The minimum atomic E-state index is -1.86. The Balaban J connectivity index is 2.84. The van der Waals surface area contributed by atoms with Crippen molar-refractivity contribution in [1.82, 2.24) is 5.32 Å². The number of hydrogen-bond acceptors (Lipinski definition) is 3. The van der Waals surface area contributed by atoms with Gasteiger partial charge < -0.3 is 9.87 Å². The van der Waals surface area contributed by atoms with Crippen LogP contribution in [0.2, 0.25) is 0 Å². The molecule has 0 saturated heterocycles. The van der Waals surface area contributed by atoms with E-state index in [0.717, 1.165) is 25.9 Å². The molecule has 0 heterocycles. The molecule has 0 radical (unpaired) electrons. The van der Waals surface area contributed by atoms with Crippen molar-refractivity contribution in [1.29, 1.82) is 0 Å². The topological polar surface area (TPSA) is 52.2 Å². The first-order chi connectivity index (χ1) is 4.77. The van der Waals surface area contributed by atoms with Gasteiger partial charge in [-0.05, 0) is 25.9 Å². The number of rotatable bonds is 6. The standard InChI is InChI=1S/C6H15NO2S/c1-2-4-7-5-3-6-10(8)9/h7H,2-6H2,1H3,(H,8,9)/p-1. The second kappa shape index (κ2) is 7.18. The smallest absolute Gasteiger partial charge is 0.0114 e. The van der Waals surface area contributed by atoms with Crippen LogP contribution >= 0.6 is 0 Å². The van der Waals surface area contributed by atoms with Crippen molar-refractivity contribution in [3.8, 4) is 0 Å². The highest BCUT2D eigenvalue weighted by atomic mass is 32.2. The largest absolute Gasteiger partial charge is 0.772 e. The highest BCUT2D eigenvalue weighted by Crippen LogP contribution is 1.80. The average Bonchev–Trinajstić information content (AvgIpc) is 1.87. The minimum Gasteiger partial charge on any atom is -0.772 e. The van der Waals surface area contributed by atoms with E-state index in [4.69, 9.17) is 0 Å². The highest BCUT2D eigenvalue weighted by Gasteiger charge is 1.85. The Hall–Kier alpha value is 0.0700. The van der Waals surface area contributed by atoms with E-state index in [2.05, 4.69) is 12.2 Å². The van der Waals surface area contributed by atoms with Crippen LogP contribution < -0.4 is 5.32 Å². The maximum Gasteiger partial charge on any atom is 0.0114 e. The predicted molar refractivity (Wildman–Crippen MR) is 41.6 cm³/mol. The van der Waals surface area contributed by atoms with Crippen LogP contribution in [0.15, 0.2) is 0 Å². The lowest BCUT2D eigenvalue weighted by Crippen LogP contribution is -2.17. The van der Waals surface area contributed by atoms with Crippen molar-refractivity contribution >= 4 is 11.1 Å². The van der Waals surface area contributed by atoms with Crippen molar-refractivity contribution in [2.75, 3.05) is 18.8 Å². The highest BCUT2D eigenvalue weighted by molar-refractivity contribution is 7.79. The normalized spacial score (nSPS) is 13.4. The summed E-state index contributed by atoms with van der Waals surface area (Å²) >= 11 is -1.86. The Labute approximate surface area is 64.5 Å². The molecule has 1 atom stereocenters. The van der Waals surface area contributed by atoms with Crippen LogP contribution in [0.3, 0.4) is 0 Å². The van der Waals surface area contributed by atoms with Crippen molar-refractivity contribution < 1.29 is 8.76 Å². The van der Waals surface area contributed by atoms with E-state index in [1.54, 1.807) is 0 Å². The molecule has 0 bridgehead atoms. The molecule has 1 N–H and O–H groups in total. The molecule has 0 spiro atoms. The van der Waals surface area contributed by atoms with Gasteiger partial charge in [-0.15, -0.1) is 0 Å². The summed E-state index contributed by atoms with van der Waals surface area (Å²) in [6.45, 7) is 3.87. The van der Waals surface area contributed by atoms with Crippen LogP contribution in [-0.2, 0) is 11.1 Å². The number of nitrogens with one attached hydrogen (secondary N) is 1. The van der Waals surface area contributed by atoms with Gasteiger partial charge in [0.1, 0.15) is 0 Å². The van der Waals surface area contributed by atoms with Gasteiger partial charge >= 0.3 is 0 Å². The Morgan fingerprint density at radius 2 is 2.20 bits per heavy atom. The van der Waals surface area contributed by atoms with Gasteiger partial charge in [0, 0.05) is 5.75 Å². The van der Waals surface area contributed by atoms with Crippen molar-refractivity contribution in [2.45, 2.75) is 19.8 Å². The zero-order valence-electron chi connectivity index (χ0n) is 6.26.